The van der Waals surface area contributed by atoms with Crippen LogP contribution in [0.15, 0.2) is 72.1 Å². The summed E-state index contributed by atoms with van der Waals surface area (Å²) in [5, 5.41) is 12.6. The lowest BCUT2D eigenvalue weighted by Gasteiger charge is -2.11. The molecule has 0 radical (unpaired) electrons. The number of anilines is 1. The Labute approximate surface area is 197 Å². The number of pyridine rings is 1. The highest BCUT2D eigenvalue weighted by Gasteiger charge is 2.18. The Kier molecular flexibility index (Phi) is 6.21. The fourth-order valence-electron chi connectivity index (χ4n) is 4.14. The first-order chi connectivity index (χ1) is 16.2. The number of aromatic nitrogens is 4. The number of fused-ring (bicyclic) bond motifs is 1. The highest BCUT2D eigenvalue weighted by Crippen LogP contribution is 2.29. The molecular formula is C26H25N5OS. The van der Waals surface area contributed by atoms with Crippen LogP contribution in [0.2, 0.25) is 0 Å². The third kappa shape index (κ3) is 4.68. The third-order valence-electron chi connectivity index (χ3n) is 5.89. The summed E-state index contributed by atoms with van der Waals surface area (Å²) in [6.45, 7) is 2.14. The molecule has 0 saturated carbocycles. The molecule has 0 atom stereocenters. The number of aryl methyl sites for hydroxylation is 3. The first kappa shape index (κ1) is 21.4. The van der Waals surface area contributed by atoms with Crippen molar-refractivity contribution in [1.82, 2.24) is 19.7 Å². The number of nitrogens with zero attached hydrogens (tertiary/aromatic N) is 4. The number of carbonyl (C=O) groups is 1. The zero-order valence-corrected chi connectivity index (χ0v) is 19.3. The predicted molar refractivity (Wildman–Crippen MR) is 132 cm³/mol. The molecular weight excluding hydrogens is 430 g/mol. The van der Waals surface area contributed by atoms with Crippen LogP contribution in [0, 0.1) is 0 Å². The van der Waals surface area contributed by atoms with Crippen LogP contribution in [0.3, 0.4) is 0 Å². The van der Waals surface area contributed by atoms with E-state index in [9.17, 15) is 4.79 Å². The van der Waals surface area contributed by atoms with Crippen molar-refractivity contribution in [3.63, 3.8) is 0 Å². The van der Waals surface area contributed by atoms with E-state index in [-0.39, 0.29) is 11.7 Å². The van der Waals surface area contributed by atoms with Crippen molar-refractivity contribution in [2.75, 3.05) is 11.1 Å². The Morgan fingerprint density at radius 2 is 1.79 bits per heavy atom. The standard InChI is InChI=1S/C26H25N5OS/c1-2-18-6-10-23(11-7-18)31-25(20-12-14-27-15-13-20)29-30-26(31)33-17-24(32)28-22-9-8-19-4-3-5-21(19)16-22/h6-16H,2-5,17H2,1H3,(H,28,32). The molecule has 0 bridgehead atoms. The number of benzene rings is 2. The van der Waals surface area contributed by atoms with E-state index in [0.717, 1.165) is 42.0 Å². The van der Waals surface area contributed by atoms with Gasteiger partial charge in [0.05, 0.1) is 5.75 Å². The van der Waals surface area contributed by atoms with Crippen molar-refractivity contribution in [3.8, 4) is 17.1 Å². The van der Waals surface area contributed by atoms with E-state index in [4.69, 9.17) is 0 Å². The number of rotatable bonds is 7. The van der Waals surface area contributed by atoms with Crippen LogP contribution in [0.5, 0.6) is 0 Å². The first-order valence-corrected chi connectivity index (χ1v) is 12.2. The van der Waals surface area contributed by atoms with E-state index in [1.807, 2.05) is 22.8 Å². The SMILES string of the molecule is CCc1ccc(-n2c(SCC(=O)Nc3ccc4c(c3)CCC4)nnc2-c2ccncc2)cc1. The fourth-order valence-corrected chi connectivity index (χ4v) is 4.89. The summed E-state index contributed by atoms with van der Waals surface area (Å²) in [5.41, 5.74) is 6.75. The molecule has 2 aromatic heterocycles. The smallest absolute Gasteiger partial charge is 0.234 e. The van der Waals surface area contributed by atoms with Gasteiger partial charge in [0, 0.05) is 29.3 Å². The molecule has 166 valence electrons. The lowest BCUT2D eigenvalue weighted by atomic mass is 10.1. The van der Waals surface area contributed by atoms with E-state index >= 15 is 0 Å². The van der Waals surface area contributed by atoms with Gasteiger partial charge >= 0.3 is 0 Å². The summed E-state index contributed by atoms with van der Waals surface area (Å²) in [4.78, 5) is 16.8. The lowest BCUT2D eigenvalue weighted by molar-refractivity contribution is -0.113. The highest BCUT2D eigenvalue weighted by molar-refractivity contribution is 7.99. The van der Waals surface area contributed by atoms with E-state index in [1.165, 1.54) is 34.9 Å². The second kappa shape index (κ2) is 9.58. The van der Waals surface area contributed by atoms with E-state index in [0.29, 0.717) is 5.16 Å². The van der Waals surface area contributed by atoms with Gasteiger partial charge < -0.3 is 5.32 Å². The van der Waals surface area contributed by atoms with Gasteiger partial charge in [-0.3, -0.25) is 14.3 Å². The molecule has 2 heterocycles. The van der Waals surface area contributed by atoms with Crippen molar-refractivity contribution in [1.29, 1.82) is 0 Å². The molecule has 1 amide bonds. The van der Waals surface area contributed by atoms with Crippen LogP contribution in [0.4, 0.5) is 5.69 Å². The van der Waals surface area contributed by atoms with Crippen molar-refractivity contribution < 1.29 is 4.79 Å². The fraction of sp³-hybridized carbons (Fsp3) is 0.231. The zero-order chi connectivity index (χ0) is 22.6. The summed E-state index contributed by atoms with van der Waals surface area (Å²) in [6.07, 6.45) is 7.87. The van der Waals surface area contributed by atoms with Gasteiger partial charge in [0.15, 0.2) is 11.0 Å². The summed E-state index contributed by atoms with van der Waals surface area (Å²) in [6, 6.07) is 18.4. The van der Waals surface area contributed by atoms with E-state index in [1.54, 1.807) is 12.4 Å². The van der Waals surface area contributed by atoms with Gasteiger partial charge in [-0.2, -0.15) is 0 Å². The average Bonchev–Trinajstić information content (AvgIpc) is 3.50. The lowest BCUT2D eigenvalue weighted by Crippen LogP contribution is -2.14. The third-order valence-corrected chi connectivity index (χ3v) is 6.82. The quantitative estimate of drug-likeness (QED) is 0.392. The van der Waals surface area contributed by atoms with Crippen molar-refractivity contribution in [2.45, 2.75) is 37.8 Å². The Balaban J connectivity index is 1.37. The minimum absolute atomic E-state index is 0.0562. The Morgan fingerprint density at radius 1 is 1.00 bits per heavy atom. The predicted octanol–water partition coefficient (Wildman–Crippen LogP) is 5.11. The molecule has 1 aliphatic rings. The van der Waals surface area contributed by atoms with Crippen LogP contribution in [-0.4, -0.2) is 31.4 Å². The van der Waals surface area contributed by atoms with E-state index < -0.39 is 0 Å². The number of thioether (sulfide) groups is 1. The minimum atomic E-state index is -0.0562. The van der Waals surface area contributed by atoms with Gasteiger partial charge in [-0.05, 0) is 78.8 Å². The minimum Gasteiger partial charge on any atom is -0.325 e. The molecule has 33 heavy (non-hydrogen) atoms. The summed E-state index contributed by atoms with van der Waals surface area (Å²) in [7, 11) is 0. The summed E-state index contributed by atoms with van der Waals surface area (Å²) >= 11 is 1.38. The Bertz CT molecular complexity index is 1270. The van der Waals surface area contributed by atoms with Gasteiger partial charge in [0.25, 0.3) is 0 Å². The van der Waals surface area contributed by atoms with Crippen molar-refractivity contribution >= 4 is 23.4 Å². The maximum Gasteiger partial charge on any atom is 0.234 e. The van der Waals surface area contributed by atoms with Gasteiger partial charge in [-0.25, -0.2) is 0 Å². The number of hydrogen-bond donors (Lipinski definition) is 1. The molecule has 0 fully saturated rings. The second-order valence-electron chi connectivity index (χ2n) is 8.07. The average molecular weight is 456 g/mol. The monoisotopic (exact) mass is 455 g/mol. The highest BCUT2D eigenvalue weighted by atomic mass is 32.2. The molecule has 0 saturated heterocycles. The largest absolute Gasteiger partial charge is 0.325 e. The topological polar surface area (TPSA) is 72.7 Å². The molecule has 1 N–H and O–H groups in total. The van der Waals surface area contributed by atoms with Crippen LogP contribution in [0.1, 0.15) is 30.0 Å². The molecule has 6 nitrogen and oxygen atoms in total. The number of amides is 1. The normalized spacial score (nSPS) is 12.5. The van der Waals surface area contributed by atoms with Gasteiger partial charge in [0.2, 0.25) is 5.91 Å². The molecule has 1 aliphatic carbocycles. The van der Waals surface area contributed by atoms with Gasteiger partial charge in [0.1, 0.15) is 0 Å². The first-order valence-electron chi connectivity index (χ1n) is 11.2. The molecule has 0 aliphatic heterocycles. The Hall–Kier alpha value is -3.45. The summed E-state index contributed by atoms with van der Waals surface area (Å²) < 4.78 is 2.00. The van der Waals surface area contributed by atoms with Crippen LogP contribution in [0.25, 0.3) is 17.1 Å². The zero-order valence-electron chi connectivity index (χ0n) is 18.5. The molecule has 7 heteroatoms. The maximum absolute atomic E-state index is 12.7. The van der Waals surface area contributed by atoms with Crippen LogP contribution < -0.4 is 5.32 Å². The Morgan fingerprint density at radius 3 is 2.58 bits per heavy atom. The second-order valence-corrected chi connectivity index (χ2v) is 9.01. The number of hydrogen-bond acceptors (Lipinski definition) is 5. The molecule has 0 spiro atoms. The van der Waals surface area contributed by atoms with Crippen LogP contribution >= 0.6 is 11.8 Å². The maximum atomic E-state index is 12.7. The summed E-state index contributed by atoms with van der Waals surface area (Å²) in [5.74, 6) is 0.918. The molecule has 2 aromatic carbocycles. The number of carbonyl (C=O) groups excluding carboxylic acids is 1. The van der Waals surface area contributed by atoms with Gasteiger partial charge in [-0.15, -0.1) is 10.2 Å². The number of nitrogens with one attached hydrogen (secondary N) is 1. The van der Waals surface area contributed by atoms with Crippen molar-refractivity contribution in [3.05, 3.63) is 83.7 Å². The molecule has 4 aromatic rings. The van der Waals surface area contributed by atoms with Crippen LogP contribution in [-0.2, 0) is 24.1 Å². The molecule has 5 rings (SSSR count). The van der Waals surface area contributed by atoms with E-state index in [2.05, 4.69) is 63.8 Å². The van der Waals surface area contributed by atoms with Crippen molar-refractivity contribution in [2.24, 2.45) is 0 Å². The molecule has 0 unspecified atom stereocenters. The van der Waals surface area contributed by atoms with Gasteiger partial charge in [-0.1, -0.05) is 36.9 Å².